The van der Waals surface area contributed by atoms with E-state index in [1.54, 1.807) is 24.3 Å². The van der Waals surface area contributed by atoms with Gasteiger partial charge in [-0.15, -0.1) is 0 Å². The number of hydrogen-bond acceptors (Lipinski definition) is 4. The lowest BCUT2D eigenvalue weighted by Crippen LogP contribution is -2.15. The Morgan fingerprint density at radius 3 is 2.32 bits per heavy atom. The maximum absolute atomic E-state index is 12.3. The molecule has 2 aromatic rings. The van der Waals surface area contributed by atoms with Crippen LogP contribution in [0.3, 0.4) is 0 Å². The number of nitrogens with one attached hydrogen (secondary N) is 1. The lowest BCUT2D eigenvalue weighted by atomic mass is 10.1. The molecule has 0 spiro atoms. The van der Waals surface area contributed by atoms with E-state index in [9.17, 15) is 8.42 Å². The van der Waals surface area contributed by atoms with Crippen LogP contribution in [0.2, 0.25) is 0 Å². The molecule has 0 aliphatic heterocycles. The van der Waals surface area contributed by atoms with Crippen molar-refractivity contribution in [3.05, 3.63) is 47.8 Å². The van der Waals surface area contributed by atoms with Crippen LogP contribution in [0, 0.1) is 13.8 Å². The van der Waals surface area contributed by atoms with Crippen molar-refractivity contribution in [1.29, 1.82) is 0 Å². The van der Waals surface area contributed by atoms with E-state index >= 15 is 0 Å². The minimum Gasteiger partial charge on any atom is -0.398 e. The number of nitrogens with two attached hydrogens (primary N) is 1. The molecule has 100 valence electrons. The van der Waals surface area contributed by atoms with Gasteiger partial charge in [-0.3, -0.25) is 9.71 Å². The Hall–Kier alpha value is -2.08. The van der Waals surface area contributed by atoms with Crippen LogP contribution in [0.4, 0.5) is 11.4 Å². The van der Waals surface area contributed by atoms with Crippen LogP contribution in [0.5, 0.6) is 0 Å². The van der Waals surface area contributed by atoms with Crippen molar-refractivity contribution in [1.82, 2.24) is 4.98 Å². The number of nitrogens with zero attached hydrogens (tertiary/aromatic N) is 1. The van der Waals surface area contributed by atoms with Gasteiger partial charge in [0.25, 0.3) is 10.0 Å². The molecule has 0 saturated heterocycles. The second-order valence-electron chi connectivity index (χ2n) is 4.32. The minimum atomic E-state index is -3.69. The van der Waals surface area contributed by atoms with Gasteiger partial charge in [0.15, 0.2) is 0 Å². The van der Waals surface area contributed by atoms with Gasteiger partial charge in [0.05, 0.1) is 11.4 Å². The summed E-state index contributed by atoms with van der Waals surface area (Å²) in [7, 11) is -3.69. The van der Waals surface area contributed by atoms with Gasteiger partial charge in [0.2, 0.25) is 0 Å². The third kappa shape index (κ3) is 2.85. The van der Waals surface area contributed by atoms with Crippen LogP contribution < -0.4 is 10.5 Å². The Morgan fingerprint density at radius 2 is 1.68 bits per heavy atom. The van der Waals surface area contributed by atoms with Gasteiger partial charge < -0.3 is 5.73 Å². The van der Waals surface area contributed by atoms with Gasteiger partial charge in [0, 0.05) is 12.4 Å². The molecule has 19 heavy (non-hydrogen) atoms. The van der Waals surface area contributed by atoms with Gasteiger partial charge >= 0.3 is 0 Å². The van der Waals surface area contributed by atoms with Gasteiger partial charge in [-0.1, -0.05) is 0 Å². The fourth-order valence-corrected chi connectivity index (χ4v) is 2.93. The molecule has 0 unspecified atom stereocenters. The van der Waals surface area contributed by atoms with Crippen molar-refractivity contribution in [3.63, 3.8) is 0 Å². The average molecular weight is 277 g/mol. The van der Waals surface area contributed by atoms with E-state index in [0.717, 1.165) is 11.1 Å². The average Bonchev–Trinajstić information content (AvgIpc) is 2.34. The molecule has 6 heteroatoms. The largest absolute Gasteiger partial charge is 0.398 e. The molecule has 0 aliphatic carbocycles. The first kappa shape index (κ1) is 13.4. The number of benzene rings is 1. The van der Waals surface area contributed by atoms with Crippen molar-refractivity contribution in [2.24, 2.45) is 0 Å². The molecule has 1 aromatic carbocycles. The van der Waals surface area contributed by atoms with Crippen molar-refractivity contribution in [3.8, 4) is 0 Å². The van der Waals surface area contributed by atoms with E-state index in [-0.39, 0.29) is 10.6 Å². The zero-order valence-electron chi connectivity index (χ0n) is 10.7. The third-order valence-corrected chi connectivity index (χ3v) is 4.29. The number of rotatable bonds is 3. The van der Waals surface area contributed by atoms with Gasteiger partial charge in [-0.25, -0.2) is 8.42 Å². The van der Waals surface area contributed by atoms with Crippen molar-refractivity contribution >= 4 is 21.4 Å². The number of aromatic nitrogens is 1. The maximum Gasteiger partial charge on any atom is 0.263 e. The highest BCUT2D eigenvalue weighted by atomic mass is 32.2. The first-order valence-corrected chi connectivity index (χ1v) is 7.18. The Labute approximate surface area is 112 Å². The molecule has 0 amide bonds. The summed E-state index contributed by atoms with van der Waals surface area (Å²) in [5, 5.41) is 0. The fraction of sp³-hybridized carbons (Fsp3) is 0.154. The first-order chi connectivity index (χ1) is 8.90. The van der Waals surface area contributed by atoms with Crippen LogP contribution in [-0.4, -0.2) is 13.4 Å². The van der Waals surface area contributed by atoms with E-state index in [1.165, 1.54) is 12.4 Å². The molecule has 0 radical (unpaired) electrons. The molecule has 3 N–H and O–H groups in total. The molecule has 1 heterocycles. The van der Waals surface area contributed by atoms with Crippen LogP contribution in [0.1, 0.15) is 11.1 Å². The summed E-state index contributed by atoms with van der Waals surface area (Å²) < 4.78 is 27.0. The summed E-state index contributed by atoms with van der Waals surface area (Å²) in [6, 6.07) is 6.40. The Kier molecular flexibility index (Phi) is 3.44. The van der Waals surface area contributed by atoms with Crippen LogP contribution in [0.15, 0.2) is 41.6 Å². The number of pyridine rings is 1. The molecular weight excluding hydrogens is 262 g/mol. The highest BCUT2D eigenvalue weighted by Crippen LogP contribution is 2.24. The highest BCUT2D eigenvalue weighted by Gasteiger charge is 2.18. The molecule has 0 aliphatic rings. The molecule has 0 saturated carbocycles. The van der Waals surface area contributed by atoms with Crippen LogP contribution in [-0.2, 0) is 10.0 Å². The van der Waals surface area contributed by atoms with Crippen LogP contribution >= 0.6 is 0 Å². The second-order valence-corrected chi connectivity index (χ2v) is 5.97. The maximum atomic E-state index is 12.3. The predicted molar refractivity (Wildman–Crippen MR) is 75.4 cm³/mol. The fourth-order valence-electron chi connectivity index (χ4n) is 1.67. The zero-order valence-corrected chi connectivity index (χ0v) is 11.5. The summed E-state index contributed by atoms with van der Waals surface area (Å²) in [4.78, 5) is 3.92. The zero-order chi connectivity index (χ0) is 14.0. The Balaban J connectivity index is 2.43. The topological polar surface area (TPSA) is 85.1 Å². The number of anilines is 2. The van der Waals surface area contributed by atoms with Crippen molar-refractivity contribution in [2.45, 2.75) is 18.7 Å². The molecule has 0 bridgehead atoms. The SMILES string of the molecule is Cc1cc(N)c(S(=O)(=O)Nc2ccncc2)cc1C. The monoisotopic (exact) mass is 277 g/mol. The van der Waals surface area contributed by atoms with E-state index < -0.39 is 10.0 Å². The van der Waals surface area contributed by atoms with E-state index in [1.807, 2.05) is 13.8 Å². The van der Waals surface area contributed by atoms with Gasteiger partial charge in [-0.05, 0) is 49.2 Å². The van der Waals surface area contributed by atoms with Crippen molar-refractivity contribution in [2.75, 3.05) is 10.5 Å². The molecule has 0 atom stereocenters. The number of hydrogen-bond donors (Lipinski definition) is 2. The third-order valence-electron chi connectivity index (χ3n) is 2.85. The quantitative estimate of drug-likeness (QED) is 0.841. The molecule has 1 aromatic heterocycles. The normalized spacial score (nSPS) is 11.3. The lowest BCUT2D eigenvalue weighted by Gasteiger charge is -2.12. The summed E-state index contributed by atoms with van der Waals surface area (Å²) in [6.45, 7) is 3.73. The van der Waals surface area contributed by atoms with Gasteiger partial charge in [-0.2, -0.15) is 0 Å². The number of aryl methyl sites for hydroxylation is 2. The predicted octanol–water partition coefficient (Wildman–Crippen LogP) is 2.08. The van der Waals surface area contributed by atoms with Crippen LogP contribution in [0.25, 0.3) is 0 Å². The molecule has 0 fully saturated rings. The second kappa shape index (κ2) is 4.89. The van der Waals surface area contributed by atoms with E-state index in [0.29, 0.717) is 5.69 Å². The summed E-state index contributed by atoms with van der Waals surface area (Å²) >= 11 is 0. The molecule has 5 nitrogen and oxygen atoms in total. The standard InChI is InChI=1S/C13H15N3O2S/c1-9-7-12(14)13(8-10(9)2)19(17,18)16-11-3-5-15-6-4-11/h3-8H,14H2,1-2H3,(H,15,16). The molecule has 2 rings (SSSR count). The summed E-state index contributed by atoms with van der Waals surface area (Å²) in [6.07, 6.45) is 3.03. The Bertz CT molecular complexity index is 697. The Morgan fingerprint density at radius 1 is 1.11 bits per heavy atom. The van der Waals surface area contributed by atoms with Crippen molar-refractivity contribution < 1.29 is 8.42 Å². The first-order valence-electron chi connectivity index (χ1n) is 5.70. The van der Waals surface area contributed by atoms with E-state index in [4.69, 9.17) is 5.73 Å². The molecular formula is C13H15N3O2S. The summed E-state index contributed by atoms with van der Waals surface area (Å²) in [5.41, 5.74) is 8.33. The minimum absolute atomic E-state index is 0.0902. The van der Waals surface area contributed by atoms with E-state index in [2.05, 4.69) is 9.71 Å². The summed E-state index contributed by atoms with van der Waals surface area (Å²) in [5.74, 6) is 0. The highest BCUT2D eigenvalue weighted by molar-refractivity contribution is 7.92. The van der Waals surface area contributed by atoms with Gasteiger partial charge in [0.1, 0.15) is 4.90 Å². The smallest absolute Gasteiger partial charge is 0.263 e. The lowest BCUT2D eigenvalue weighted by molar-refractivity contribution is 0.601. The number of nitrogen functional groups attached to an aromatic ring is 1. The number of sulfonamides is 1.